The lowest BCUT2D eigenvalue weighted by Crippen LogP contribution is -2.11. The minimum atomic E-state index is 0.149. The highest BCUT2D eigenvalue weighted by molar-refractivity contribution is 5.51. The monoisotopic (exact) mass is 223 g/mol. The third kappa shape index (κ3) is 2.22. The predicted octanol–water partition coefficient (Wildman–Crippen LogP) is 1.92. The van der Waals surface area contributed by atoms with E-state index in [1.807, 2.05) is 33.0 Å². The number of hydrogen-bond acceptors (Lipinski definition) is 4. The van der Waals surface area contributed by atoms with E-state index in [-0.39, 0.29) is 6.10 Å². The van der Waals surface area contributed by atoms with Gasteiger partial charge in [-0.2, -0.15) is 0 Å². The molecule has 0 bridgehead atoms. The lowest BCUT2D eigenvalue weighted by molar-refractivity contribution is 0.173. The number of nitrogens with one attached hydrogen (secondary N) is 1. The lowest BCUT2D eigenvalue weighted by Gasteiger charge is -2.14. The summed E-state index contributed by atoms with van der Waals surface area (Å²) >= 11 is 0. The molecule has 0 saturated carbocycles. The fourth-order valence-electron chi connectivity index (χ4n) is 1.66. The average Bonchev–Trinajstić information content (AvgIpc) is 2.64. The Morgan fingerprint density at radius 2 is 2.00 bits per heavy atom. The number of rotatable bonds is 4. The Labute approximate surface area is 95.5 Å². The van der Waals surface area contributed by atoms with Gasteiger partial charge in [0.1, 0.15) is 5.75 Å². The number of ether oxygens (including phenoxy) is 3. The van der Waals surface area contributed by atoms with E-state index in [4.69, 9.17) is 14.2 Å². The topological polar surface area (TPSA) is 39.7 Å². The molecule has 0 radical (unpaired) electrons. The van der Waals surface area contributed by atoms with Crippen LogP contribution < -0.4 is 19.5 Å². The third-order valence-electron chi connectivity index (χ3n) is 2.29. The van der Waals surface area contributed by atoms with Gasteiger partial charge in [0.15, 0.2) is 11.5 Å². The van der Waals surface area contributed by atoms with Gasteiger partial charge in [0.25, 0.3) is 0 Å². The van der Waals surface area contributed by atoms with Crippen molar-refractivity contribution in [1.82, 2.24) is 5.32 Å². The third-order valence-corrected chi connectivity index (χ3v) is 2.29. The van der Waals surface area contributed by atoms with E-state index in [1.165, 1.54) is 0 Å². The second kappa shape index (κ2) is 4.61. The zero-order valence-electron chi connectivity index (χ0n) is 9.87. The van der Waals surface area contributed by atoms with Crippen molar-refractivity contribution >= 4 is 0 Å². The van der Waals surface area contributed by atoms with Crippen LogP contribution in [-0.4, -0.2) is 19.9 Å². The minimum Gasteiger partial charge on any atom is -0.491 e. The molecule has 0 atom stereocenters. The molecule has 0 saturated heterocycles. The molecule has 16 heavy (non-hydrogen) atoms. The number of benzene rings is 1. The Kier molecular flexibility index (Phi) is 3.19. The van der Waals surface area contributed by atoms with Crippen LogP contribution in [0.5, 0.6) is 17.2 Å². The van der Waals surface area contributed by atoms with Gasteiger partial charge in [-0.05, 0) is 27.0 Å². The molecule has 4 heteroatoms. The fraction of sp³-hybridized carbons (Fsp3) is 0.500. The molecule has 1 N–H and O–H groups in total. The molecule has 0 aliphatic carbocycles. The highest BCUT2D eigenvalue weighted by Gasteiger charge is 2.18. The van der Waals surface area contributed by atoms with Crippen LogP contribution in [0.15, 0.2) is 12.1 Å². The molecule has 0 aromatic heterocycles. The van der Waals surface area contributed by atoms with Crippen LogP contribution in [0.1, 0.15) is 19.4 Å². The van der Waals surface area contributed by atoms with Gasteiger partial charge >= 0.3 is 0 Å². The van der Waals surface area contributed by atoms with Gasteiger partial charge in [-0.1, -0.05) is 0 Å². The van der Waals surface area contributed by atoms with Crippen molar-refractivity contribution in [3.05, 3.63) is 17.7 Å². The summed E-state index contributed by atoms with van der Waals surface area (Å²) in [6.45, 7) is 5.06. The van der Waals surface area contributed by atoms with Crippen molar-refractivity contribution in [3.8, 4) is 17.2 Å². The van der Waals surface area contributed by atoms with Crippen LogP contribution >= 0.6 is 0 Å². The Bertz CT molecular complexity index is 377. The van der Waals surface area contributed by atoms with Crippen molar-refractivity contribution in [1.29, 1.82) is 0 Å². The maximum atomic E-state index is 5.75. The van der Waals surface area contributed by atoms with Gasteiger partial charge in [-0.15, -0.1) is 0 Å². The fourth-order valence-corrected chi connectivity index (χ4v) is 1.66. The van der Waals surface area contributed by atoms with E-state index < -0.39 is 0 Å². The first kappa shape index (κ1) is 11.1. The Hall–Kier alpha value is -1.42. The van der Waals surface area contributed by atoms with E-state index >= 15 is 0 Å². The molecule has 2 rings (SSSR count). The molecule has 0 unspecified atom stereocenters. The summed E-state index contributed by atoms with van der Waals surface area (Å²) in [7, 11) is 1.91. The molecule has 1 aromatic carbocycles. The van der Waals surface area contributed by atoms with E-state index in [0.717, 1.165) is 29.4 Å². The summed E-state index contributed by atoms with van der Waals surface area (Å²) in [6.07, 6.45) is 0.149. The van der Waals surface area contributed by atoms with E-state index in [1.54, 1.807) is 0 Å². The van der Waals surface area contributed by atoms with Gasteiger partial charge in [0, 0.05) is 18.2 Å². The molecule has 0 fully saturated rings. The van der Waals surface area contributed by atoms with Gasteiger partial charge in [-0.25, -0.2) is 0 Å². The van der Waals surface area contributed by atoms with Crippen molar-refractivity contribution in [2.45, 2.75) is 26.5 Å². The summed E-state index contributed by atoms with van der Waals surface area (Å²) < 4.78 is 16.4. The molecule has 4 nitrogen and oxygen atoms in total. The average molecular weight is 223 g/mol. The predicted molar refractivity (Wildman–Crippen MR) is 61.1 cm³/mol. The Balaban J connectivity index is 2.32. The zero-order chi connectivity index (χ0) is 11.5. The van der Waals surface area contributed by atoms with Crippen LogP contribution in [0.4, 0.5) is 0 Å². The Morgan fingerprint density at radius 3 is 2.62 bits per heavy atom. The first-order chi connectivity index (χ1) is 7.70. The van der Waals surface area contributed by atoms with E-state index in [9.17, 15) is 0 Å². The van der Waals surface area contributed by atoms with Crippen molar-refractivity contribution in [2.24, 2.45) is 0 Å². The standard InChI is InChI=1S/C12H17NO3/c1-8(2)16-10-5-12-11(14-7-15-12)4-9(10)6-13-3/h4-5,8,13H,6-7H2,1-3H3. The first-order valence-corrected chi connectivity index (χ1v) is 5.44. The maximum Gasteiger partial charge on any atom is 0.231 e. The van der Waals surface area contributed by atoms with Crippen LogP contribution in [0, 0.1) is 0 Å². The van der Waals surface area contributed by atoms with Crippen molar-refractivity contribution in [2.75, 3.05) is 13.8 Å². The van der Waals surface area contributed by atoms with Gasteiger partial charge < -0.3 is 19.5 Å². The van der Waals surface area contributed by atoms with Crippen molar-refractivity contribution < 1.29 is 14.2 Å². The summed E-state index contributed by atoms with van der Waals surface area (Å²) in [5.41, 5.74) is 1.08. The van der Waals surface area contributed by atoms with Crippen LogP contribution in [0.2, 0.25) is 0 Å². The largest absolute Gasteiger partial charge is 0.491 e. The zero-order valence-corrected chi connectivity index (χ0v) is 9.87. The molecule has 1 aliphatic rings. The molecular weight excluding hydrogens is 206 g/mol. The normalized spacial score (nSPS) is 13.2. The van der Waals surface area contributed by atoms with Crippen LogP contribution in [-0.2, 0) is 6.54 Å². The summed E-state index contributed by atoms with van der Waals surface area (Å²) in [5, 5.41) is 3.11. The SMILES string of the molecule is CNCc1cc2c(cc1OC(C)C)OCO2. The van der Waals surface area contributed by atoms with Gasteiger partial charge in [0.05, 0.1) is 6.10 Å². The maximum absolute atomic E-state index is 5.75. The van der Waals surface area contributed by atoms with Crippen molar-refractivity contribution in [3.63, 3.8) is 0 Å². The highest BCUT2D eigenvalue weighted by atomic mass is 16.7. The molecule has 1 aliphatic heterocycles. The molecular formula is C12H17NO3. The minimum absolute atomic E-state index is 0.149. The van der Waals surface area contributed by atoms with E-state index in [0.29, 0.717) is 6.79 Å². The summed E-state index contributed by atoms with van der Waals surface area (Å²) in [5.74, 6) is 2.41. The van der Waals surface area contributed by atoms with Crippen LogP contribution in [0.25, 0.3) is 0 Å². The highest BCUT2D eigenvalue weighted by Crippen LogP contribution is 2.38. The van der Waals surface area contributed by atoms with Crippen LogP contribution in [0.3, 0.4) is 0 Å². The first-order valence-electron chi connectivity index (χ1n) is 5.44. The number of hydrogen-bond donors (Lipinski definition) is 1. The molecule has 1 heterocycles. The van der Waals surface area contributed by atoms with Gasteiger partial charge in [0.2, 0.25) is 6.79 Å². The van der Waals surface area contributed by atoms with Gasteiger partial charge in [-0.3, -0.25) is 0 Å². The molecule has 0 amide bonds. The Morgan fingerprint density at radius 1 is 1.31 bits per heavy atom. The smallest absolute Gasteiger partial charge is 0.231 e. The second-order valence-corrected chi connectivity index (χ2v) is 4.01. The lowest BCUT2D eigenvalue weighted by atomic mass is 10.1. The summed E-state index contributed by atoms with van der Waals surface area (Å²) in [6, 6.07) is 3.87. The quantitative estimate of drug-likeness (QED) is 0.846. The molecule has 88 valence electrons. The van der Waals surface area contributed by atoms with E-state index in [2.05, 4.69) is 5.32 Å². The number of fused-ring (bicyclic) bond motifs is 1. The second-order valence-electron chi connectivity index (χ2n) is 4.01. The molecule has 0 spiro atoms. The molecule has 1 aromatic rings. The summed E-state index contributed by atoms with van der Waals surface area (Å²) in [4.78, 5) is 0.